The molecule has 0 aliphatic heterocycles. The van der Waals surface area contributed by atoms with Gasteiger partial charge >= 0.3 is 0 Å². The van der Waals surface area contributed by atoms with Crippen LogP contribution >= 0.6 is 21.6 Å². The maximum Gasteiger partial charge on any atom is 0.253 e. The number of para-hydroxylation sites is 4. The van der Waals surface area contributed by atoms with E-state index in [0.717, 1.165) is 34.3 Å². The van der Waals surface area contributed by atoms with Crippen LogP contribution in [-0.2, 0) is 0 Å². The van der Waals surface area contributed by atoms with Crippen LogP contribution in [0.15, 0.2) is 109 Å². The quantitative estimate of drug-likeness (QED) is 0.111. The highest BCUT2D eigenvalue weighted by Crippen LogP contribution is 2.23. The molecule has 38 heavy (non-hydrogen) atoms. The molecule has 0 unspecified atom stereocenters. The van der Waals surface area contributed by atoms with Gasteiger partial charge in [-0.2, -0.15) is 0 Å². The molecule has 6 nitrogen and oxygen atoms in total. The van der Waals surface area contributed by atoms with Crippen LogP contribution < -0.4 is 21.3 Å². The number of hydrogen-bond acceptors (Lipinski definition) is 6. The van der Waals surface area contributed by atoms with Gasteiger partial charge in [0.05, 0.1) is 22.5 Å². The number of carbonyl (C=O) groups excluding carboxylic acids is 2. The molecule has 0 aliphatic rings. The summed E-state index contributed by atoms with van der Waals surface area (Å²) in [5.74, 6) is 1.32. The van der Waals surface area contributed by atoms with Crippen molar-refractivity contribution in [3.63, 3.8) is 0 Å². The van der Waals surface area contributed by atoms with Crippen LogP contribution in [0.1, 0.15) is 20.7 Å². The molecule has 4 aromatic carbocycles. The second kappa shape index (κ2) is 14.8. The molecule has 0 atom stereocenters. The summed E-state index contributed by atoms with van der Waals surface area (Å²) in [7, 11) is 3.34. The lowest BCUT2D eigenvalue weighted by atomic mass is 10.1. The summed E-state index contributed by atoms with van der Waals surface area (Å²) >= 11 is 0. The molecular weight excluding hydrogens is 512 g/mol. The van der Waals surface area contributed by atoms with Gasteiger partial charge < -0.3 is 21.3 Å². The number of hydrogen-bond donors (Lipinski definition) is 4. The molecule has 4 N–H and O–H groups in total. The Morgan fingerprint density at radius 3 is 1.29 bits per heavy atom. The summed E-state index contributed by atoms with van der Waals surface area (Å²) in [6.07, 6.45) is 0. The van der Waals surface area contributed by atoms with Crippen LogP contribution in [-0.4, -0.2) is 36.4 Å². The molecule has 0 aromatic heterocycles. The van der Waals surface area contributed by atoms with Crippen molar-refractivity contribution >= 4 is 56.2 Å². The number of nitrogens with one attached hydrogen (secondary N) is 4. The number of anilines is 4. The zero-order valence-electron chi connectivity index (χ0n) is 20.9. The van der Waals surface area contributed by atoms with Crippen LogP contribution in [0.25, 0.3) is 0 Å². The number of rotatable bonds is 13. The van der Waals surface area contributed by atoms with Crippen LogP contribution in [0.3, 0.4) is 0 Å². The van der Waals surface area contributed by atoms with E-state index in [4.69, 9.17) is 0 Å². The number of carbonyl (C=O) groups is 2. The molecular formula is C30H30N4O2S2. The Balaban J connectivity index is 1.14. The topological polar surface area (TPSA) is 82.3 Å². The average molecular weight is 543 g/mol. The first kappa shape index (κ1) is 27.2. The third kappa shape index (κ3) is 8.33. The maximum atomic E-state index is 12.7. The Morgan fingerprint density at radius 1 is 0.500 bits per heavy atom. The van der Waals surface area contributed by atoms with Crippen LogP contribution in [0.5, 0.6) is 0 Å². The zero-order valence-corrected chi connectivity index (χ0v) is 22.5. The fourth-order valence-electron chi connectivity index (χ4n) is 3.65. The van der Waals surface area contributed by atoms with Gasteiger partial charge in [0, 0.05) is 36.0 Å². The first-order valence-corrected chi connectivity index (χ1v) is 14.8. The van der Waals surface area contributed by atoms with Crippen molar-refractivity contribution in [3.05, 3.63) is 120 Å². The maximum absolute atomic E-state index is 12.7. The lowest BCUT2D eigenvalue weighted by Crippen LogP contribution is -2.27. The van der Waals surface area contributed by atoms with Crippen molar-refractivity contribution in [2.45, 2.75) is 0 Å². The summed E-state index contributed by atoms with van der Waals surface area (Å²) < 4.78 is 0. The highest BCUT2D eigenvalue weighted by atomic mass is 33.1. The summed E-state index contributed by atoms with van der Waals surface area (Å²) in [5, 5.41) is 12.6. The van der Waals surface area contributed by atoms with E-state index in [0.29, 0.717) is 24.2 Å². The second-order valence-corrected chi connectivity index (χ2v) is 10.9. The van der Waals surface area contributed by atoms with Gasteiger partial charge in [0.15, 0.2) is 0 Å². The first-order valence-electron chi connectivity index (χ1n) is 12.3. The minimum Gasteiger partial charge on any atom is -0.355 e. The zero-order chi connectivity index (χ0) is 26.4. The smallest absolute Gasteiger partial charge is 0.253 e. The third-order valence-electron chi connectivity index (χ3n) is 5.47. The van der Waals surface area contributed by atoms with E-state index in [9.17, 15) is 9.59 Å². The van der Waals surface area contributed by atoms with Crippen molar-refractivity contribution in [1.82, 2.24) is 10.6 Å². The van der Waals surface area contributed by atoms with Crippen molar-refractivity contribution in [3.8, 4) is 0 Å². The van der Waals surface area contributed by atoms with Gasteiger partial charge in [0.25, 0.3) is 11.8 Å². The average Bonchev–Trinajstić information content (AvgIpc) is 2.96. The molecule has 0 radical (unpaired) electrons. The number of benzene rings is 4. The SMILES string of the molecule is O=C(NCCSSCCNC(=O)c1ccccc1Nc1ccccc1)c1ccccc1Nc1ccccc1. The molecule has 0 spiro atoms. The van der Waals surface area contributed by atoms with E-state index in [-0.39, 0.29) is 11.8 Å². The monoisotopic (exact) mass is 542 g/mol. The van der Waals surface area contributed by atoms with Crippen molar-refractivity contribution in [2.24, 2.45) is 0 Å². The Kier molecular flexibility index (Phi) is 10.5. The van der Waals surface area contributed by atoms with Gasteiger partial charge in [-0.25, -0.2) is 0 Å². The van der Waals surface area contributed by atoms with E-state index in [1.165, 1.54) is 0 Å². The number of amides is 2. The third-order valence-corrected chi connectivity index (χ3v) is 7.88. The normalized spacial score (nSPS) is 10.4. The molecule has 0 aliphatic carbocycles. The fourth-order valence-corrected chi connectivity index (χ4v) is 5.47. The molecule has 0 saturated heterocycles. The molecule has 2 amide bonds. The second-order valence-electron chi connectivity index (χ2n) is 8.23. The Hall–Kier alpha value is -3.88. The van der Waals surface area contributed by atoms with Crippen LogP contribution in [0.4, 0.5) is 22.7 Å². The summed E-state index contributed by atoms with van der Waals surface area (Å²) in [6.45, 7) is 1.11. The lowest BCUT2D eigenvalue weighted by molar-refractivity contribution is 0.0948. The summed E-state index contributed by atoms with van der Waals surface area (Å²) in [6, 6.07) is 34.5. The van der Waals surface area contributed by atoms with Crippen LogP contribution in [0, 0.1) is 0 Å². The molecule has 0 fully saturated rings. The van der Waals surface area contributed by atoms with Gasteiger partial charge in [0.2, 0.25) is 0 Å². The van der Waals surface area contributed by atoms with Crippen molar-refractivity contribution < 1.29 is 9.59 Å². The van der Waals surface area contributed by atoms with E-state index < -0.39 is 0 Å². The minimum absolute atomic E-state index is 0.107. The van der Waals surface area contributed by atoms with Gasteiger partial charge in [-0.1, -0.05) is 82.3 Å². The Morgan fingerprint density at radius 2 is 0.868 bits per heavy atom. The fraction of sp³-hybridized carbons (Fsp3) is 0.133. The molecule has 8 heteroatoms. The first-order chi connectivity index (χ1) is 18.7. The van der Waals surface area contributed by atoms with E-state index in [1.807, 2.05) is 109 Å². The van der Waals surface area contributed by atoms with Crippen molar-refractivity contribution in [2.75, 3.05) is 35.2 Å². The molecule has 4 rings (SSSR count). The van der Waals surface area contributed by atoms with Crippen molar-refractivity contribution in [1.29, 1.82) is 0 Å². The van der Waals surface area contributed by atoms with Gasteiger partial charge in [-0.3, -0.25) is 9.59 Å². The lowest BCUT2D eigenvalue weighted by Gasteiger charge is -2.12. The largest absolute Gasteiger partial charge is 0.355 e. The Labute approximate surface area is 231 Å². The predicted molar refractivity (Wildman–Crippen MR) is 162 cm³/mol. The van der Waals surface area contributed by atoms with Gasteiger partial charge in [0.1, 0.15) is 0 Å². The molecule has 0 heterocycles. The molecule has 0 saturated carbocycles. The Bertz CT molecular complexity index is 1220. The minimum atomic E-state index is -0.107. The molecule has 0 bridgehead atoms. The van der Waals surface area contributed by atoms with Crippen LogP contribution in [0.2, 0.25) is 0 Å². The summed E-state index contributed by atoms with van der Waals surface area (Å²) in [5.41, 5.74) is 4.63. The predicted octanol–water partition coefficient (Wildman–Crippen LogP) is 6.72. The van der Waals surface area contributed by atoms with E-state index >= 15 is 0 Å². The van der Waals surface area contributed by atoms with Gasteiger partial charge in [-0.15, -0.1) is 0 Å². The molecule has 194 valence electrons. The van der Waals surface area contributed by atoms with E-state index in [1.54, 1.807) is 21.6 Å². The standard InChI is InChI=1S/C30H30N4O2S2/c35-29(25-15-7-9-17-27(25)33-23-11-3-1-4-12-23)31-19-21-37-38-22-20-32-30(36)26-16-8-10-18-28(26)34-24-13-5-2-6-14-24/h1-18,33-34H,19-22H2,(H,31,35)(H,32,36). The van der Waals surface area contributed by atoms with Gasteiger partial charge in [-0.05, 0) is 48.5 Å². The summed E-state index contributed by atoms with van der Waals surface area (Å²) in [4.78, 5) is 25.4. The molecule has 4 aromatic rings. The highest BCUT2D eigenvalue weighted by Gasteiger charge is 2.12. The highest BCUT2D eigenvalue weighted by molar-refractivity contribution is 8.76. The van der Waals surface area contributed by atoms with E-state index in [2.05, 4.69) is 21.3 Å².